The average Bonchev–Trinajstić information content (AvgIpc) is 3.01. The van der Waals surface area contributed by atoms with E-state index in [1.165, 1.54) is 22.5 Å². The molecule has 0 bridgehead atoms. The maximum absolute atomic E-state index is 2.34. The van der Waals surface area contributed by atoms with Crippen LogP contribution in [-0.4, -0.2) is 0 Å². The Morgan fingerprint density at radius 2 is 0.846 bits per heavy atom. The van der Waals surface area contributed by atoms with Crippen molar-refractivity contribution >= 4 is 28.4 Å². The Hall–Kier alpha value is -4.82. The molecule has 0 saturated heterocycles. The zero-order chi connectivity index (χ0) is 26.4. The topological polar surface area (TPSA) is 6.48 Å². The van der Waals surface area contributed by atoms with Gasteiger partial charge in [-0.1, -0.05) is 97.9 Å². The second-order valence-corrected chi connectivity index (χ2v) is 9.97. The predicted molar refractivity (Wildman–Crippen MR) is 166 cm³/mol. The fourth-order valence-corrected chi connectivity index (χ4v) is 5.11. The lowest BCUT2D eigenvalue weighted by molar-refractivity contribution is 0.728. The first-order chi connectivity index (χ1) is 19.3. The molecule has 1 aliphatic carbocycles. The summed E-state index contributed by atoms with van der Waals surface area (Å²) in [5.74, 6) is 0.580. The summed E-state index contributed by atoms with van der Waals surface area (Å²) in [6.45, 7) is 2.26. The molecule has 39 heavy (non-hydrogen) atoms. The quantitative estimate of drug-likeness (QED) is 0.217. The lowest BCUT2D eigenvalue weighted by Crippen LogP contribution is -2.17. The zero-order valence-corrected chi connectivity index (χ0v) is 22.2. The van der Waals surface area contributed by atoms with Gasteiger partial charge in [0.2, 0.25) is 0 Å². The fourth-order valence-electron chi connectivity index (χ4n) is 5.11. The van der Waals surface area contributed by atoms with Crippen LogP contribution in [0, 0.1) is 5.92 Å². The first-order valence-electron chi connectivity index (χ1n) is 13.6. The van der Waals surface area contributed by atoms with Gasteiger partial charge in [-0.2, -0.15) is 0 Å². The van der Waals surface area contributed by atoms with Crippen LogP contribution in [0.5, 0.6) is 0 Å². The van der Waals surface area contributed by atoms with Crippen molar-refractivity contribution in [2.45, 2.75) is 13.3 Å². The Morgan fingerprint density at radius 1 is 0.462 bits per heavy atom. The SMILES string of the molecule is CC1C=CC(N(c2ccccc2)c2ccc(-c3ccc(N(c4ccccc4)c4ccccc4)cc3)cc2)=CC1. The molecular weight excluding hydrogens is 472 g/mol. The third kappa shape index (κ3) is 5.42. The molecule has 1 aliphatic rings. The minimum absolute atomic E-state index is 0.580. The summed E-state index contributed by atoms with van der Waals surface area (Å²) in [6, 6.07) is 49.4. The van der Waals surface area contributed by atoms with Gasteiger partial charge < -0.3 is 9.80 Å². The molecule has 5 aromatic rings. The molecule has 2 nitrogen and oxygen atoms in total. The minimum atomic E-state index is 0.580. The van der Waals surface area contributed by atoms with E-state index in [0.29, 0.717) is 5.92 Å². The van der Waals surface area contributed by atoms with Crippen LogP contribution < -0.4 is 9.80 Å². The summed E-state index contributed by atoms with van der Waals surface area (Å²) in [4.78, 5) is 4.63. The number of allylic oxidation sites excluding steroid dienone is 3. The first kappa shape index (κ1) is 24.5. The van der Waals surface area contributed by atoms with Gasteiger partial charge in [0.15, 0.2) is 0 Å². The van der Waals surface area contributed by atoms with Gasteiger partial charge in [-0.3, -0.25) is 0 Å². The Morgan fingerprint density at radius 3 is 1.26 bits per heavy atom. The van der Waals surface area contributed by atoms with E-state index in [9.17, 15) is 0 Å². The average molecular weight is 505 g/mol. The number of hydrogen-bond acceptors (Lipinski definition) is 2. The van der Waals surface area contributed by atoms with Crippen molar-refractivity contribution in [3.8, 4) is 11.1 Å². The summed E-state index contributed by atoms with van der Waals surface area (Å²) in [5.41, 5.74) is 9.36. The van der Waals surface area contributed by atoms with Crippen LogP contribution in [-0.2, 0) is 0 Å². The molecule has 0 N–H and O–H groups in total. The van der Waals surface area contributed by atoms with E-state index in [-0.39, 0.29) is 0 Å². The summed E-state index contributed by atoms with van der Waals surface area (Å²) >= 11 is 0. The van der Waals surface area contributed by atoms with E-state index in [2.05, 4.69) is 174 Å². The van der Waals surface area contributed by atoms with Gasteiger partial charge in [-0.05, 0) is 90.2 Å². The molecule has 0 radical (unpaired) electrons. The molecule has 0 fully saturated rings. The molecule has 0 spiro atoms. The molecule has 0 saturated carbocycles. The number of benzene rings is 5. The molecule has 2 heteroatoms. The molecule has 0 amide bonds. The van der Waals surface area contributed by atoms with Crippen molar-refractivity contribution in [1.82, 2.24) is 0 Å². The van der Waals surface area contributed by atoms with Crippen molar-refractivity contribution in [3.63, 3.8) is 0 Å². The standard InChI is InChI=1S/C37H32N2/c1-29-17-23-35(24-18-29)39(34-15-9-4-10-16-34)37-27-21-31(22-28-37)30-19-25-36(26-20-30)38(32-11-5-2-6-12-32)33-13-7-3-8-14-33/h2-17,19-29H,18H2,1H3. The molecule has 6 rings (SSSR count). The molecule has 190 valence electrons. The molecular formula is C37H32N2. The predicted octanol–water partition coefficient (Wildman–Crippen LogP) is 10.4. The van der Waals surface area contributed by atoms with Crippen LogP contribution in [0.1, 0.15) is 13.3 Å². The van der Waals surface area contributed by atoms with E-state index in [1.54, 1.807) is 0 Å². The third-order valence-electron chi connectivity index (χ3n) is 7.18. The number of rotatable bonds is 7. The highest BCUT2D eigenvalue weighted by atomic mass is 15.1. The highest BCUT2D eigenvalue weighted by Gasteiger charge is 2.16. The maximum atomic E-state index is 2.34. The van der Waals surface area contributed by atoms with Crippen LogP contribution >= 0.6 is 0 Å². The van der Waals surface area contributed by atoms with E-state index in [1.807, 2.05) is 0 Å². The number of anilines is 5. The summed E-state index contributed by atoms with van der Waals surface area (Å²) in [5, 5.41) is 0. The van der Waals surface area contributed by atoms with E-state index < -0.39 is 0 Å². The summed E-state index contributed by atoms with van der Waals surface area (Å²) in [7, 11) is 0. The van der Waals surface area contributed by atoms with Crippen LogP contribution in [0.4, 0.5) is 28.4 Å². The van der Waals surface area contributed by atoms with Crippen LogP contribution in [0.25, 0.3) is 11.1 Å². The van der Waals surface area contributed by atoms with Crippen LogP contribution in [0.3, 0.4) is 0 Å². The van der Waals surface area contributed by atoms with Crippen molar-refractivity contribution in [2.75, 3.05) is 9.80 Å². The lowest BCUT2D eigenvalue weighted by Gasteiger charge is -2.28. The molecule has 0 aliphatic heterocycles. The molecule has 5 aromatic carbocycles. The first-order valence-corrected chi connectivity index (χ1v) is 13.6. The fraction of sp³-hybridized carbons (Fsp3) is 0.0811. The normalized spacial score (nSPS) is 14.5. The molecule has 0 heterocycles. The van der Waals surface area contributed by atoms with E-state index in [4.69, 9.17) is 0 Å². The van der Waals surface area contributed by atoms with Crippen molar-refractivity contribution in [3.05, 3.63) is 163 Å². The van der Waals surface area contributed by atoms with Gasteiger partial charge in [0.25, 0.3) is 0 Å². The van der Waals surface area contributed by atoms with Gasteiger partial charge in [0.05, 0.1) is 0 Å². The Kier molecular flexibility index (Phi) is 7.09. The lowest BCUT2D eigenvalue weighted by atomic mass is 10.00. The van der Waals surface area contributed by atoms with Gasteiger partial charge in [-0.25, -0.2) is 0 Å². The minimum Gasteiger partial charge on any atom is -0.311 e. The Balaban J connectivity index is 1.30. The van der Waals surface area contributed by atoms with Crippen molar-refractivity contribution < 1.29 is 0 Å². The Bertz CT molecular complexity index is 1510. The second-order valence-electron chi connectivity index (χ2n) is 9.97. The highest BCUT2D eigenvalue weighted by molar-refractivity contribution is 5.79. The molecule has 0 aromatic heterocycles. The Labute approximate surface area is 231 Å². The van der Waals surface area contributed by atoms with Crippen molar-refractivity contribution in [2.24, 2.45) is 5.92 Å². The van der Waals surface area contributed by atoms with Crippen molar-refractivity contribution in [1.29, 1.82) is 0 Å². The monoisotopic (exact) mass is 504 g/mol. The largest absolute Gasteiger partial charge is 0.311 e. The number of para-hydroxylation sites is 3. The van der Waals surface area contributed by atoms with Crippen LogP contribution in [0.15, 0.2) is 163 Å². The third-order valence-corrected chi connectivity index (χ3v) is 7.18. The van der Waals surface area contributed by atoms with E-state index >= 15 is 0 Å². The zero-order valence-electron chi connectivity index (χ0n) is 22.2. The van der Waals surface area contributed by atoms with Crippen LogP contribution in [0.2, 0.25) is 0 Å². The van der Waals surface area contributed by atoms with E-state index in [0.717, 1.165) is 29.2 Å². The highest BCUT2D eigenvalue weighted by Crippen LogP contribution is 2.37. The second kappa shape index (κ2) is 11.3. The van der Waals surface area contributed by atoms with Gasteiger partial charge in [0.1, 0.15) is 0 Å². The van der Waals surface area contributed by atoms with Gasteiger partial charge >= 0.3 is 0 Å². The van der Waals surface area contributed by atoms with Gasteiger partial charge in [0, 0.05) is 34.1 Å². The smallest absolute Gasteiger partial charge is 0.0462 e. The summed E-state index contributed by atoms with van der Waals surface area (Å²) < 4.78 is 0. The van der Waals surface area contributed by atoms with Gasteiger partial charge in [-0.15, -0.1) is 0 Å². The maximum Gasteiger partial charge on any atom is 0.0462 e. The number of hydrogen-bond donors (Lipinski definition) is 0. The number of nitrogens with zero attached hydrogens (tertiary/aromatic N) is 2. The summed E-state index contributed by atoms with van der Waals surface area (Å²) in [6.07, 6.45) is 7.95. The molecule has 1 unspecified atom stereocenters. The molecule has 1 atom stereocenters.